The lowest BCUT2D eigenvalue weighted by Crippen LogP contribution is -2.58. The Balaban J connectivity index is 2.56. The van der Waals surface area contributed by atoms with Gasteiger partial charge in [0, 0.05) is 37.2 Å². The Morgan fingerprint density at radius 2 is 1.52 bits per heavy atom. The second kappa shape index (κ2) is 7.35. The number of aliphatic hydroxyl groups is 1. The molecule has 0 unspecified atom stereocenters. The van der Waals surface area contributed by atoms with E-state index in [0.717, 1.165) is 0 Å². The number of alkyl halides is 7. The zero-order valence-corrected chi connectivity index (χ0v) is 17.4. The standard InChI is InChI=1S/C19H22F7N3O2/c1-15(2,3)16(31)10-13(17(20,21)18(22,23)19(24,25)26)27-29(16)14(30)11-6-8-12(9-7-11)28(4)5/h6-9,31H,10H2,1-5H3/t16-/m1/s1. The van der Waals surface area contributed by atoms with E-state index >= 15 is 0 Å². The number of carbonyl (C=O) groups is 1. The Hall–Kier alpha value is -2.37. The zero-order chi connectivity index (χ0) is 24.2. The SMILES string of the molecule is CN(C)c1ccc(C(=O)N2N=C(C(F)(F)C(F)(F)C(F)(F)F)C[C@@]2(O)C(C)(C)C)cc1. The van der Waals surface area contributed by atoms with Crippen molar-refractivity contribution in [3.63, 3.8) is 0 Å². The van der Waals surface area contributed by atoms with Crippen LogP contribution in [-0.4, -0.2) is 59.6 Å². The number of hydrogen-bond acceptors (Lipinski definition) is 4. The van der Waals surface area contributed by atoms with Crippen LogP contribution in [0.15, 0.2) is 29.4 Å². The Morgan fingerprint density at radius 1 is 1.03 bits per heavy atom. The topological polar surface area (TPSA) is 56.1 Å². The molecule has 1 aliphatic heterocycles. The van der Waals surface area contributed by atoms with Gasteiger partial charge in [-0.25, -0.2) is 0 Å². The highest BCUT2D eigenvalue weighted by molar-refractivity contribution is 6.01. The maximum atomic E-state index is 14.3. The first-order valence-corrected chi connectivity index (χ1v) is 9.02. The quantitative estimate of drug-likeness (QED) is 0.677. The molecule has 1 heterocycles. The Morgan fingerprint density at radius 3 is 1.90 bits per heavy atom. The summed E-state index contributed by atoms with van der Waals surface area (Å²) in [5.41, 5.74) is -5.41. The first-order chi connectivity index (χ1) is 13.8. The van der Waals surface area contributed by atoms with Crippen molar-refractivity contribution < 1.29 is 40.6 Å². The molecule has 1 aromatic rings. The normalized spacial score (nSPS) is 20.7. The van der Waals surface area contributed by atoms with Crippen LogP contribution in [0.1, 0.15) is 37.6 Å². The largest absolute Gasteiger partial charge is 0.460 e. The summed E-state index contributed by atoms with van der Waals surface area (Å²) in [6.07, 6.45) is -7.96. The molecule has 1 atom stereocenters. The van der Waals surface area contributed by atoms with Crippen LogP contribution in [0.4, 0.5) is 36.4 Å². The summed E-state index contributed by atoms with van der Waals surface area (Å²) in [5.74, 6) is -13.4. The molecule has 0 aliphatic carbocycles. The maximum Gasteiger partial charge on any atom is 0.460 e. The van der Waals surface area contributed by atoms with Crippen molar-refractivity contribution in [3.05, 3.63) is 29.8 Å². The van der Waals surface area contributed by atoms with E-state index in [1.807, 2.05) is 0 Å². The van der Waals surface area contributed by atoms with Gasteiger partial charge < -0.3 is 10.0 Å². The lowest BCUT2D eigenvalue weighted by atomic mass is 9.79. The highest BCUT2D eigenvalue weighted by atomic mass is 19.4. The minimum absolute atomic E-state index is 0.135. The van der Waals surface area contributed by atoms with E-state index < -0.39 is 47.2 Å². The minimum atomic E-state index is -6.57. The second-order valence-corrected chi connectivity index (χ2v) is 8.49. The molecular formula is C19H22F7N3O2. The summed E-state index contributed by atoms with van der Waals surface area (Å²) >= 11 is 0. The zero-order valence-electron chi connectivity index (χ0n) is 17.4. The summed E-state index contributed by atoms with van der Waals surface area (Å²) in [7, 11) is 3.43. The van der Waals surface area contributed by atoms with E-state index in [4.69, 9.17) is 0 Å². The summed E-state index contributed by atoms with van der Waals surface area (Å²) in [6, 6.07) is 5.57. The third kappa shape index (κ3) is 3.97. The van der Waals surface area contributed by atoms with Crippen LogP contribution < -0.4 is 4.90 Å². The molecule has 1 amide bonds. The molecule has 174 valence electrons. The van der Waals surface area contributed by atoms with E-state index in [2.05, 4.69) is 5.10 Å². The summed E-state index contributed by atoms with van der Waals surface area (Å²) in [5, 5.41) is 14.3. The van der Waals surface area contributed by atoms with Gasteiger partial charge in [-0.1, -0.05) is 20.8 Å². The molecule has 31 heavy (non-hydrogen) atoms. The van der Waals surface area contributed by atoms with E-state index in [9.17, 15) is 40.6 Å². The molecule has 5 nitrogen and oxygen atoms in total. The molecular weight excluding hydrogens is 435 g/mol. The fraction of sp³-hybridized carbons (Fsp3) is 0.579. The van der Waals surface area contributed by atoms with Crippen LogP contribution >= 0.6 is 0 Å². The van der Waals surface area contributed by atoms with Crippen LogP contribution in [-0.2, 0) is 0 Å². The van der Waals surface area contributed by atoms with Crippen molar-refractivity contribution in [1.82, 2.24) is 5.01 Å². The number of halogens is 7. The van der Waals surface area contributed by atoms with Gasteiger partial charge in [0.2, 0.25) is 0 Å². The number of hydrogen-bond donors (Lipinski definition) is 1. The number of nitrogens with zero attached hydrogens (tertiary/aromatic N) is 3. The third-order valence-corrected chi connectivity index (χ3v) is 5.12. The summed E-state index contributed by atoms with van der Waals surface area (Å²) in [4.78, 5) is 14.6. The average Bonchev–Trinajstić information content (AvgIpc) is 2.99. The smallest absolute Gasteiger partial charge is 0.378 e. The third-order valence-electron chi connectivity index (χ3n) is 5.12. The number of benzene rings is 1. The van der Waals surface area contributed by atoms with Crippen molar-refractivity contribution in [3.8, 4) is 0 Å². The van der Waals surface area contributed by atoms with Gasteiger partial charge in [-0.2, -0.15) is 40.8 Å². The molecule has 0 saturated carbocycles. The van der Waals surface area contributed by atoms with Crippen molar-refractivity contribution in [2.45, 2.75) is 50.9 Å². The number of amides is 1. The number of anilines is 1. The van der Waals surface area contributed by atoms with Gasteiger partial charge in [0.05, 0.1) is 0 Å². The van der Waals surface area contributed by atoms with Gasteiger partial charge in [0.1, 0.15) is 5.71 Å². The highest BCUT2D eigenvalue weighted by Crippen LogP contribution is 2.51. The molecule has 0 saturated heterocycles. The van der Waals surface area contributed by atoms with Crippen molar-refractivity contribution >= 4 is 17.3 Å². The van der Waals surface area contributed by atoms with Gasteiger partial charge in [0.15, 0.2) is 5.72 Å². The Labute approximate surface area is 174 Å². The maximum absolute atomic E-state index is 14.3. The van der Waals surface area contributed by atoms with E-state index in [1.165, 1.54) is 45.0 Å². The first-order valence-electron chi connectivity index (χ1n) is 9.02. The molecule has 2 rings (SSSR count). The molecule has 1 aliphatic rings. The minimum Gasteiger partial charge on any atom is -0.378 e. The average molecular weight is 457 g/mol. The predicted octanol–water partition coefficient (Wildman–Crippen LogP) is 4.52. The molecule has 0 spiro atoms. The van der Waals surface area contributed by atoms with Gasteiger partial charge >= 0.3 is 18.0 Å². The van der Waals surface area contributed by atoms with Crippen LogP contribution in [0.2, 0.25) is 0 Å². The monoisotopic (exact) mass is 457 g/mol. The lowest BCUT2D eigenvalue weighted by molar-refractivity contribution is -0.336. The molecule has 0 aromatic heterocycles. The molecule has 1 N–H and O–H groups in total. The van der Waals surface area contributed by atoms with Crippen molar-refractivity contribution in [2.24, 2.45) is 10.5 Å². The van der Waals surface area contributed by atoms with E-state index in [0.29, 0.717) is 5.69 Å². The molecule has 0 bridgehead atoms. The van der Waals surface area contributed by atoms with E-state index in [1.54, 1.807) is 19.0 Å². The number of carbonyl (C=O) groups excluding carboxylic acids is 1. The van der Waals surface area contributed by atoms with Crippen LogP contribution in [0.25, 0.3) is 0 Å². The van der Waals surface area contributed by atoms with Gasteiger partial charge in [0.25, 0.3) is 5.91 Å². The predicted molar refractivity (Wildman–Crippen MR) is 99.3 cm³/mol. The number of rotatable bonds is 4. The fourth-order valence-corrected chi connectivity index (χ4v) is 2.90. The van der Waals surface area contributed by atoms with Crippen LogP contribution in [0, 0.1) is 5.41 Å². The fourth-order valence-electron chi connectivity index (χ4n) is 2.90. The summed E-state index contributed by atoms with van der Waals surface area (Å²) < 4.78 is 93.4. The molecule has 0 radical (unpaired) electrons. The molecule has 0 fully saturated rings. The van der Waals surface area contributed by atoms with Crippen molar-refractivity contribution in [1.29, 1.82) is 0 Å². The number of hydrazone groups is 1. The molecule has 12 heteroatoms. The van der Waals surface area contributed by atoms with Gasteiger partial charge in [-0.3, -0.25) is 4.79 Å². The Kier molecular flexibility index (Phi) is 5.90. The van der Waals surface area contributed by atoms with Crippen molar-refractivity contribution in [2.75, 3.05) is 19.0 Å². The lowest BCUT2D eigenvalue weighted by Gasteiger charge is -2.41. The summed E-state index contributed by atoms with van der Waals surface area (Å²) in [6.45, 7) is 3.92. The second-order valence-electron chi connectivity index (χ2n) is 8.49. The van der Waals surface area contributed by atoms with Gasteiger partial charge in [-0.05, 0) is 24.3 Å². The van der Waals surface area contributed by atoms with Crippen LogP contribution in [0.3, 0.4) is 0 Å². The molecule has 1 aromatic carbocycles. The Bertz CT molecular complexity index is 874. The van der Waals surface area contributed by atoms with Crippen LogP contribution in [0.5, 0.6) is 0 Å². The van der Waals surface area contributed by atoms with Gasteiger partial charge in [-0.15, -0.1) is 0 Å². The highest BCUT2D eigenvalue weighted by Gasteiger charge is 2.76. The van der Waals surface area contributed by atoms with E-state index in [-0.39, 0.29) is 10.6 Å². The first kappa shape index (κ1) is 24.9.